The zero-order chi connectivity index (χ0) is 19.6. The number of nitrogens with one attached hydrogen (secondary N) is 1. The van der Waals surface area contributed by atoms with Crippen molar-refractivity contribution in [2.24, 2.45) is 0 Å². The maximum Gasteiger partial charge on any atom is 0.333 e. The summed E-state index contributed by atoms with van der Waals surface area (Å²) >= 11 is 0. The molecule has 2 aromatic carbocycles. The van der Waals surface area contributed by atoms with Crippen LogP contribution in [-0.2, 0) is 14.3 Å². The van der Waals surface area contributed by atoms with Gasteiger partial charge in [-0.1, -0.05) is 56.3 Å². The lowest BCUT2D eigenvalue weighted by atomic mass is 10.0. The van der Waals surface area contributed by atoms with Gasteiger partial charge in [0.15, 0.2) is 0 Å². The van der Waals surface area contributed by atoms with Crippen LogP contribution in [0.25, 0.3) is 10.8 Å². The van der Waals surface area contributed by atoms with E-state index in [-0.39, 0.29) is 19.1 Å². The Balaban J connectivity index is 2.08. The van der Waals surface area contributed by atoms with Gasteiger partial charge in [0.25, 0.3) is 5.91 Å². The van der Waals surface area contributed by atoms with Gasteiger partial charge in [-0.05, 0) is 30.2 Å². The maximum atomic E-state index is 12.8. The number of ether oxygens (including phenoxy) is 2. The number of carbonyl (C=O) groups excluding carboxylic acids is 2. The van der Waals surface area contributed by atoms with Crippen molar-refractivity contribution in [1.82, 2.24) is 5.32 Å². The van der Waals surface area contributed by atoms with Gasteiger partial charge >= 0.3 is 5.97 Å². The van der Waals surface area contributed by atoms with E-state index in [0.29, 0.717) is 17.7 Å². The van der Waals surface area contributed by atoms with Crippen LogP contribution in [0.1, 0.15) is 37.0 Å². The summed E-state index contributed by atoms with van der Waals surface area (Å²) in [4.78, 5) is 24.5. The molecule has 0 fully saturated rings. The zero-order valence-electron chi connectivity index (χ0n) is 16.0. The van der Waals surface area contributed by atoms with Gasteiger partial charge in [-0.3, -0.25) is 4.79 Å². The number of hydrogen-bond donors (Lipinski definition) is 1. The Labute approximate surface area is 160 Å². The van der Waals surface area contributed by atoms with Crippen molar-refractivity contribution in [3.63, 3.8) is 0 Å². The van der Waals surface area contributed by atoms with E-state index < -0.39 is 12.0 Å². The number of fused-ring (bicyclic) bond motifs is 1. The minimum atomic E-state index is -0.479. The lowest BCUT2D eigenvalue weighted by Crippen LogP contribution is -2.42. The number of carbonyl (C=O) groups is 2. The molecule has 5 nitrogen and oxygen atoms in total. The molecule has 144 valence electrons. The molecule has 0 saturated carbocycles. The SMILES string of the molecule is C=C(C)C(=O)OCC(COCCCC)NC(=O)c1cccc2ccccc12. The van der Waals surface area contributed by atoms with Crippen LogP contribution in [0.2, 0.25) is 0 Å². The molecule has 1 unspecified atom stereocenters. The van der Waals surface area contributed by atoms with Gasteiger partial charge in [-0.25, -0.2) is 4.79 Å². The van der Waals surface area contributed by atoms with Crippen LogP contribution >= 0.6 is 0 Å². The Bertz CT molecular complexity index is 795. The van der Waals surface area contributed by atoms with Crippen molar-refractivity contribution in [1.29, 1.82) is 0 Å². The zero-order valence-corrected chi connectivity index (χ0v) is 16.0. The molecule has 2 aromatic rings. The minimum absolute atomic E-state index is 0.0360. The largest absolute Gasteiger partial charge is 0.460 e. The van der Waals surface area contributed by atoms with E-state index in [1.807, 2.05) is 36.4 Å². The summed E-state index contributed by atoms with van der Waals surface area (Å²) in [5.74, 6) is -0.699. The summed E-state index contributed by atoms with van der Waals surface area (Å²) in [7, 11) is 0. The molecule has 0 saturated heterocycles. The van der Waals surface area contributed by atoms with E-state index in [9.17, 15) is 9.59 Å². The molecule has 0 radical (unpaired) electrons. The van der Waals surface area contributed by atoms with Crippen LogP contribution in [0, 0.1) is 0 Å². The van der Waals surface area contributed by atoms with Crippen molar-refractivity contribution in [2.45, 2.75) is 32.7 Å². The summed E-state index contributed by atoms with van der Waals surface area (Å²) in [5, 5.41) is 4.80. The fraction of sp³-hybridized carbons (Fsp3) is 0.364. The maximum absolute atomic E-state index is 12.8. The molecule has 5 heteroatoms. The number of rotatable bonds is 10. The van der Waals surface area contributed by atoms with E-state index >= 15 is 0 Å². The van der Waals surface area contributed by atoms with Crippen LogP contribution in [0.4, 0.5) is 0 Å². The highest BCUT2D eigenvalue weighted by Gasteiger charge is 2.18. The third kappa shape index (κ3) is 6.22. The molecule has 0 aromatic heterocycles. The van der Waals surface area contributed by atoms with Gasteiger partial charge in [0.2, 0.25) is 0 Å². The fourth-order valence-corrected chi connectivity index (χ4v) is 2.59. The highest BCUT2D eigenvalue weighted by Crippen LogP contribution is 2.18. The van der Waals surface area contributed by atoms with Crippen molar-refractivity contribution in [3.8, 4) is 0 Å². The average Bonchev–Trinajstić information content (AvgIpc) is 2.68. The summed E-state index contributed by atoms with van der Waals surface area (Å²) in [6.07, 6.45) is 1.97. The smallest absolute Gasteiger partial charge is 0.333 e. The van der Waals surface area contributed by atoms with E-state index in [1.165, 1.54) is 0 Å². The van der Waals surface area contributed by atoms with E-state index in [2.05, 4.69) is 18.8 Å². The standard InChI is InChI=1S/C22H27NO4/c1-4-5-13-26-14-18(15-27-22(25)16(2)3)23-21(24)20-12-8-10-17-9-6-7-11-19(17)20/h6-12,18H,2,4-5,13-15H2,1,3H3,(H,23,24). The molecule has 2 rings (SSSR count). The molecule has 0 aliphatic carbocycles. The summed E-state index contributed by atoms with van der Waals surface area (Å²) in [5.41, 5.74) is 0.902. The first-order valence-electron chi connectivity index (χ1n) is 9.22. The molecule has 0 heterocycles. The second-order valence-electron chi connectivity index (χ2n) is 6.50. The third-order valence-corrected chi connectivity index (χ3v) is 4.09. The molecule has 1 N–H and O–H groups in total. The summed E-state index contributed by atoms with van der Waals surface area (Å²) in [6.45, 7) is 8.15. The molecule has 0 aliphatic rings. The number of esters is 1. The topological polar surface area (TPSA) is 64.6 Å². The Morgan fingerprint density at radius 2 is 1.85 bits per heavy atom. The van der Waals surface area contributed by atoms with Crippen molar-refractivity contribution in [2.75, 3.05) is 19.8 Å². The second kappa shape index (κ2) is 10.5. The van der Waals surface area contributed by atoms with Crippen molar-refractivity contribution < 1.29 is 19.1 Å². The Kier molecular flexibility index (Phi) is 8.01. The molecule has 0 bridgehead atoms. The van der Waals surface area contributed by atoms with Crippen molar-refractivity contribution in [3.05, 3.63) is 60.2 Å². The third-order valence-electron chi connectivity index (χ3n) is 4.09. The Morgan fingerprint density at radius 3 is 2.59 bits per heavy atom. The number of unbranched alkanes of at least 4 members (excludes halogenated alkanes) is 1. The van der Waals surface area contributed by atoms with E-state index in [0.717, 1.165) is 23.6 Å². The van der Waals surface area contributed by atoms with E-state index in [4.69, 9.17) is 9.47 Å². The van der Waals surface area contributed by atoms with Crippen molar-refractivity contribution >= 4 is 22.6 Å². The predicted octanol–water partition coefficient (Wildman–Crippen LogP) is 3.87. The Morgan fingerprint density at radius 1 is 1.11 bits per heavy atom. The normalized spacial score (nSPS) is 11.8. The first-order chi connectivity index (χ1) is 13.0. The quantitative estimate of drug-likeness (QED) is 0.392. The predicted molar refractivity (Wildman–Crippen MR) is 107 cm³/mol. The number of amides is 1. The molecular formula is C22H27NO4. The highest BCUT2D eigenvalue weighted by atomic mass is 16.5. The molecular weight excluding hydrogens is 342 g/mol. The van der Waals surface area contributed by atoms with Gasteiger partial charge in [-0.2, -0.15) is 0 Å². The van der Waals surface area contributed by atoms with Gasteiger partial charge in [0, 0.05) is 17.7 Å². The minimum Gasteiger partial charge on any atom is -0.460 e. The van der Waals surface area contributed by atoms with Crippen LogP contribution in [0.15, 0.2) is 54.6 Å². The summed E-state index contributed by atoms with van der Waals surface area (Å²) in [6, 6.07) is 12.9. The van der Waals surface area contributed by atoms with Gasteiger partial charge < -0.3 is 14.8 Å². The van der Waals surface area contributed by atoms with Crippen LogP contribution in [0.5, 0.6) is 0 Å². The van der Waals surface area contributed by atoms with Crippen LogP contribution < -0.4 is 5.32 Å². The lowest BCUT2D eigenvalue weighted by Gasteiger charge is -2.19. The van der Waals surface area contributed by atoms with Crippen LogP contribution in [0.3, 0.4) is 0 Å². The summed E-state index contributed by atoms with van der Waals surface area (Å²) < 4.78 is 10.8. The molecule has 1 atom stereocenters. The number of hydrogen-bond acceptors (Lipinski definition) is 4. The monoisotopic (exact) mass is 369 g/mol. The molecule has 27 heavy (non-hydrogen) atoms. The highest BCUT2D eigenvalue weighted by molar-refractivity contribution is 6.07. The average molecular weight is 369 g/mol. The van der Waals surface area contributed by atoms with Gasteiger partial charge in [-0.15, -0.1) is 0 Å². The number of benzene rings is 2. The second-order valence-corrected chi connectivity index (χ2v) is 6.50. The first-order valence-corrected chi connectivity index (χ1v) is 9.22. The van der Waals surface area contributed by atoms with Gasteiger partial charge in [0.1, 0.15) is 6.61 Å². The first kappa shape index (κ1) is 20.6. The lowest BCUT2D eigenvalue weighted by molar-refractivity contribution is -0.140. The van der Waals surface area contributed by atoms with Gasteiger partial charge in [0.05, 0.1) is 12.6 Å². The Hall–Kier alpha value is -2.66. The van der Waals surface area contributed by atoms with Crippen LogP contribution in [-0.4, -0.2) is 37.7 Å². The fourth-order valence-electron chi connectivity index (χ4n) is 2.59. The molecule has 0 aliphatic heterocycles. The molecule has 0 spiro atoms. The van der Waals surface area contributed by atoms with E-state index in [1.54, 1.807) is 13.0 Å². The molecule has 1 amide bonds.